The van der Waals surface area contributed by atoms with Crippen LogP contribution < -0.4 is 5.32 Å². The zero-order valence-corrected chi connectivity index (χ0v) is 11.7. The summed E-state index contributed by atoms with van der Waals surface area (Å²) in [5.41, 5.74) is 2.04. The van der Waals surface area contributed by atoms with Gasteiger partial charge >= 0.3 is 0 Å². The van der Waals surface area contributed by atoms with Crippen molar-refractivity contribution in [2.24, 2.45) is 0 Å². The minimum Gasteiger partial charge on any atom is -0.375 e. The Bertz CT molecular complexity index is 611. The van der Waals surface area contributed by atoms with Gasteiger partial charge in [-0.15, -0.1) is 0 Å². The van der Waals surface area contributed by atoms with Gasteiger partial charge in [-0.1, -0.05) is 41.7 Å². The predicted molar refractivity (Wildman–Crippen MR) is 79.6 cm³/mol. The van der Waals surface area contributed by atoms with E-state index in [-0.39, 0.29) is 5.91 Å². The van der Waals surface area contributed by atoms with Crippen molar-refractivity contribution in [3.8, 4) is 0 Å². The van der Waals surface area contributed by atoms with Crippen molar-refractivity contribution in [3.63, 3.8) is 0 Å². The van der Waals surface area contributed by atoms with Gasteiger partial charge in [0.25, 0.3) is 0 Å². The number of amides is 1. The number of carbonyl (C=O) groups is 1. The summed E-state index contributed by atoms with van der Waals surface area (Å²) in [6, 6.07) is 9.71. The molecule has 1 aromatic heterocycles. The molecule has 0 radical (unpaired) electrons. The highest BCUT2D eigenvalue weighted by molar-refractivity contribution is 7.15. The molecule has 0 unspecified atom stereocenters. The van der Waals surface area contributed by atoms with E-state index in [2.05, 4.69) is 10.3 Å². The standard InChI is InChI=1S/C15H14N2O2S/c18-14(7-6-11-4-2-1-3-5-11)17-15-16-12-8-9-19-10-13(12)20-15/h1-7H,8-10H2,(H,16,17,18)/b7-6+. The zero-order chi connectivity index (χ0) is 13.8. The SMILES string of the molecule is O=C(/C=C/c1ccccc1)Nc1nc2c(s1)COCC2. The molecule has 0 aliphatic carbocycles. The molecule has 0 saturated heterocycles. The molecule has 0 fully saturated rings. The summed E-state index contributed by atoms with van der Waals surface area (Å²) in [6.45, 7) is 1.31. The molecule has 4 nitrogen and oxygen atoms in total. The Kier molecular flexibility index (Phi) is 3.90. The number of fused-ring (bicyclic) bond motifs is 1. The Morgan fingerprint density at radius 3 is 3.00 bits per heavy atom. The summed E-state index contributed by atoms with van der Waals surface area (Å²) in [5, 5.41) is 3.44. The molecule has 2 aromatic rings. The maximum absolute atomic E-state index is 11.8. The molecule has 102 valence electrons. The molecule has 5 heteroatoms. The number of rotatable bonds is 3. The first-order valence-electron chi connectivity index (χ1n) is 6.42. The largest absolute Gasteiger partial charge is 0.375 e. The normalized spacial score (nSPS) is 14.2. The molecular weight excluding hydrogens is 272 g/mol. The number of hydrogen-bond donors (Lipinski definition) is 1. The van der Waals surface area contributed by atoms with E-state index in [0.717, 1.165) is 22.6 Å². The van der Waals surface area contributed by atoms with Crippen LogP contribution in [-0.2, 0) is 22.6 Å². The average Bonchev–Trinajstić information content (AvgIpc) is 2.88. The number of carbonyl (C=O) groups excluding carboxylic acids is 1. The minimum absolute atomic E-state index is 0.166. The highest BCUT2D eigenvalue weighted by Gasteiger charge is 2.15. The fourth-order valence-corrected chi connectivity index (χ4v) is 2.91. The Morgan fingerprint density at radius 1 is 1.35 bits per heavy atom. The molecule has 0 saturated carbocycles. The highest BCUT2D eigenvalue weighted by atomic mass is 32.1. The van der Waals surface area contributed by atoms with Crippen LogP contribution in [0.3, 0.4) is 0 Å². The molecule has 0 bridgehead atoms. The van der Waals surface area contributed by atoms with Gasteiger partial charge in [0.2, 0.25) is 5.91 Å². The minimum atomic E-state index is -0.166. The quantitative estimate of drug-likeness (QED) is 0.883. The second-order valence-corrected chi connectivity index (χ2v) is 5.51. The molecule has 1 aliphatic rings. The van der Waals surface area contributed by atoms with Gasteiger partial charge in [0.05, 0.1) is 23.8 Å². The number of anilines is 1. The van der Waals surface area contributed by atoms with E-state index >= 15 is 0 Å². The molecule has 3 rings (SSSR count). The van der Waals surface area contributed by atoms with E-state index in [1.165, 1.54) is 17.4 Å². The van der Waals surface area contributed by atoms with Gasteiger partial charge in [0.1, 0.15) is 0 Å². The summed E-state index contributed by atoms with van der Waals surface area (Å²) >= 11 is 1.48. The average molecular weight is 286 g/mol. The molecule has 0 atom stereocenters. The molecule has 0 spiro atoms. The van der Waals surface area contributed by atoms with Crippen LogP contribution in [-0.4, -0.2) is 17.5 Å². The highest BCUT2D eigenvalue weighted by Crippen LogP contribution is 2.26. The van der Waals surface area contributed by atoms with Crippen molar-refractivity contribution in [3.05, 3.63) is 52.5 Å². The molecule has 1 aromatic carbocycles. The van der Waals surface area contributed by atoms with Crippen LogP contribution in [0.25, 0.3) is 6.08 Å². The Balaban J connectivity index is 1.64. The number of nitrogens with zero attached hydrogens (tertiary/aromatic N) is 1. The summed E-state index contributed by atoms with van der Waals surface area (Å²) < 4.78 is 5.36. The van der Waals surface area contributed by atoms with Crippen LogP contribution in [0.2, 0.25) is 0 Å². The number of thiazole rings is 1. The van der Waals surface area contributed by atoms with Gasteiger partial charge in [-0.3, -0.25) is 10.1 Å². The van der Waals surface area contributed by atoms with Crippen molar-refractivity contribution in [2.75, 3.05) is 11.9 Å². The summed E-state index contributed by atoms with van der Waals surface area (Å²) in [6.07, 6.45) is 4.12. The molecule has 1 aliphatic heterocycles. The van der Waals surface area contributed by atoms with Crippen LogP contribution in [0.15, 0.2) is 36.4 Å². The van der Waals surface area contributed by atoms with E-state index in [9.17, 15) is 4.79 Å². The lowest BCUT2D eigenvalue weighted by Gasteiger charge is -2.08. The van der Waals surface area contributed by atoms with Crippen LogP contribution in [0.4, 0.5) is 5.13 Å². The number of hydrogen-bond acceptors (Lipinski definition) is 4. The van der Waals surface area contributed by atoms with Gasteiger partial charge in [-0.2, -0.15) is 0 Å². The van der Waals surface area contributed by atoms with E-state index in [0.29, 0.717) is 18.3 Å². The summed E-state index contributed by atoms with van der Waals surface area (Å²) in [4.78, 5) is 17.4. The first-order valence-corrected chi connectivity index (χ1v) is 7.23. The van der Waals surface area contributed by atoms with Gasteiger partial charge in [-0.25, -0.2) is 4.98 Å². The lowest BCUT2D eigenvalue weighted by Crippen LogP contribution is -2.09. The number of ether oxygens (including phenoxy) is 1. The molecular formula is C15H14N2O2S. The van der Waals surface area contributed by atoms with E-state index < -0.39 is 0 Å². The lowest BCUT2D eigenvalue weighted by molar-refractivity contribution is -0.111. The van der Waals surface area contributed by atoms with Crippen molar-refractivity contribution in [2.45, 2.75) is 13.0 Å². The van der Waals surface area contributed by atoms with Crippen molar-refractivity contribution in [1.82, 2.24) is 4.98 Å². The van der Waals surface area contributed by atoms with Crippen LogP contribution >= 0.6 is 11.3 Å². The second-order valence-electron chi connectivity index (χ2n) is 4.42. The van der Waals surface area contributed by atoms with Crippen molar-refractivity contribution in [1.29, 1.82) is 0 Å². The predicted octanol–water partition coefficient (Wildman–Crippen LogP) is 2.87. The topological polar surface area (TPSA) is 51.2 Å². The third kappa shape index (κ3) is 3.12. The van der Waals surface area contributed by atoms with E-state index in [4.69, 9.17) is 4.74 Å². The van der Waals surface area contributed by atoms with Gasteiger partial charge in [0, 0.05) is 12.5 Å². The third-order valence-electron chi connectivity index (χ3n) is 2.95. The fraction of sp³-hybridized carbons (Fsp3) is 0.200. The molecule has 1 amide bonds. The molecule has 20 heavy (non-hydrogen) atoms. The maximum atomic E-state index is 11.8. The Labute approximate surface area is 121 Å². The van der Waals surface area contributed by atoms with E-state index in [1.807, 2.05) is 30.3 Å². The van der Waals surface area contributed by atoms with E-state index in [1.54, 1.807) is 6.08 Å². The van der Waals surface area contributed by atoms with Gasteiger partial charge in [-0.05, 0) is 11.6 Å². The third-order valence-corrected chi connectivity index (χ3v) is 3.94. The smallest absolute Gasteiger partial charge is 0.250 e. The first-order chi connectivity index (χ1) is 9.81. The zero-order valence-electron chi connectivity index (χ0n) is 10.8. The molecule has 1 N–H and O–H groups in total. The summed E-state index contributed by atoms with van der Waals surface area (Å²) in [5.74, 6) is -0.166. The second kappa shape index (κ2) is 5.98. The fourth-order valence-electron chi connectivity index (χ4n) is 1.96. The van der Waals surface area contributed by atoms with Crippen LogP contribution in [0, 0.1) is 0 Å². The summed E-state index contributed by atoms with van der Waals surface area (Å²) in [7, 11) is 0. The number of aromatic nitrogens is 1. The van der Waals surface area contributed by atoms with Crippen LogP contribution in [0.1, 0.15) is 16.1 Å². The van der Waals surface area contributed by atoms with Gasteiger partial charge in [0.15, 0.2) is 5.13 Å². The Hall–Kier alpha value is -1.98. The van der Waals surface area contributed by atoms with Crippen LogP contribution in [0.5, 0.6) is 0 Å². The van der Waals surface area contributed by atoms with Gasteiger partial charge < -0.3 is 4.74 Å². The Morgan fingerprint density at radius 2 is 2.20 bits per heavy atom. The van der Waals surface area contributed by atoms with Crippen molar-refractivity contribution < 1.29 is 9.53 Å². The first kappa shape index (κ1) is 13.0. The maximum Gasteiger partial charge on any atom is 0.250 e. The molecule has 2 heterocycles. The number of nitrogens with one attached hydrogen (secondary N) is 1. The lowest BCUT2D eigenvalue weighted by atomic mass is 10.2. The number of benzene rings is 1. The monoisotopic (exact) mass is 286 g/mol. The van der Waals surface area contributed by atoms with Crippen molar-refractivity contribution >= 4 is 28.5 Å².